The third kappa shape index (κ3) is 4.82. The van der Waals surface area contributed by atoms with Gasteiger partial charge in [-0.15, -0.1) is 0 Å². The van der Waals surface area contributed by atoms with Crippen LogP contribution < -0.4 is 25.6 Å². The van der Waals surface area contributed by atoms with Crippen LogP contribution in [0.5, 0.6) is 0 Å². The molecule has 0 spiro atoms. The fraction of sp³-hybridized carbons (Fsp3) is 0.0833. The Morgan fingerprint density at radius 3 is 2.08 bits per heavy atom. The van der Waals surface area contributed by atoms with E-state index >= 15 is 0 Å². The van der Waals surface area contributed by atoms with E-state index in [0.29, 0.717) is 0 Å². The molecule has 0 radical (unpaired) electrons. The van der Waals surface area contributed by atoms with Crippen molar-refractivity contribution in [2.45, 2.75) is 26.7 Å². The minimum Gasteiger partial charge on any atom is -0.315 e. The second-order valence-electron chi connectivity index (χ2n) is 14.2. The van der Waals surface area contributed by atoms with E-state index < -0.39 is 0 Å². The van der Waals surface area contributed by atoms with E-state index in [1.165, 1.54) is 78.1 Å². The lowest BCUT2D eigenvalue weighted by Gasteiger charge is -2.47. The zero-order chi connectivity index (χ0) is 34.8. The monoisotopic (exact) mass is 667 g/mol. The van der Waals surface area contributed by atoms with E-state index in [9.17, 15) is 0 Å². The van der Waals surface area contributed by atoms with Crippen molar-refractivity contribution in [3.63, 3.8) is 0 Å². The van der Waals surface area contributed by atoms with Gasteiger partial charge in [0.1, 0.15) is 0 Å². The van der Waals surface area contributed by atoms with Crippen LogP contribution >= 0.6 is 0 Å². The Morgan fingerprint density at radius 2 is 1.25 bits per heavy atom. The number of fused-ring (bicyclic) bond motifs is 5. The lowest BCUT2D eigenvalue weighted by atomic mass is 9.32. The van der Waals surface area contributed by atoms with Crippen molar-refractivity contribution in [1.82, 2.24) is 0 Å². The molecule has 0 saturated heterocycles. The van der Waals surface area contributed by atoms with Crippen LogP contribution in [-0.2, 0) is 0 Å². The molecule has 0 bridgehead atoms. The Balaban J connectivity index is 1.25. The SMILES string of the molecule is Cc1ccc(N2C3=C4B(c5ccc(N(c6ccccc6)c6cccc7ccccc67)cc5N(c5ccccc5)C4=CCC3)c3cc(C)ccc32)cc1. The molecular formula is C48H38BN3. The predicted octanol–water partition coefficient (Wildman–Crippen LogP) is 11.3. The molecule has 52 heavy (non-hydrogen) atoms. The Hall–Kier alpha value is -6.26. The molecule has 4 heteroatoms. The summed E-state index contributed by atoms with van der Waals surface area (Å²) in [6.07, 6.45) is 4.46. The van der Waals surface area contributed by atoms with Gasteiger partial charge in [-0.1, -0.05) is 120 Å². The summed E-state index contributed by atoms with van der Waals surface area (Å²) in [5.41, 5.74) is 17.7. The average molecular weight is 668 g/mol. The summed E-state index contributed by atoms with van der Waals surface area (Å²) in [6.45, 7) is 4.51. The number of aryl methyl sites for hydroxylation is 2. The van der Waals surface area contributed by atoms with Gasteiger partial charge in [-0.2, -0.15) is 0 Å². The van der Waals surface area contributed by atoms with Gasteiger partial charge in [-0.25, -0.2) is 0 Å². The number of hydrogen-bond acceptors (Lipinski definition) is 3. The third-order valence-corrected chi connectivity index (χ3v) is 11.0. The van der Waals surface area contributed by atoms with E-state index in [0.717, 1.165) is 24.2 Å². The standard InChI is InChI=1S/C48H38BN3/c1-33-23-26-38(27-24-33)51-44-30-25-34(2)31-42(44)49-41-29-28-39(32-47(41)52(37-17-7-4-8-18-37)46-22-12-21-45(51)48(46)49)50(36-15-5-3-6-16-36)43-20-11-14-35-13-9-10-19-40(35)43/h3-11,13-20,22-32H,12,21H2,1-2H3. The fourth-order valence-electron chi connectivity index (χ4n) is 8.72. The molecule has 0 atom stereocenters. The van der Waals surface area contributed by atoms with Crippen LogP contribution in [0.15, 0.2) is 187 Å². The molecule has 3 aliphatic rings. The first-order valence-corrected chi connectivity index (χ1v) is 18.4. The number of rotatable bonds is 5. The van der Waals surface area contributed by atoms with Gasteiger partial charge >= 0.3 is 0 Å². The number of allylic oxidation sites excluding steroid dienone is 3. The highest BCUT2D eigenvalue weighted by molar-refractivity contribution is 6.94. The van der Waals surface area contributed by atoms with Crippen LogP contribution in [0.1, 0.15) is 24.0 Å². The molecule has 0 N–H and O–H groups in total. The van der Waals surface area contributed by atoms with Crippen LogP contribution in [-0.4, -0.2) is 6.71 Å². The van der Waals surface area contributed by atoms with Gasteiger partial charge in [-0.3, -0.25) is 0 Å². The largest absolute Gasteiger partial charge is 0.315 e. The highest BCUT2D eigenvalue weighted by Crippen LogP contribution is 2.49. The van der Waals surface area contributed by atoms with Crippen LogP contribution in [0.25, 0.3) is 10.8 Å². The van der Waals surface area contributed by atoms with E-state index in [1.54, 1.807) is 0 Å². The Bertz CT molecular complexity index is 2550. The van der Waals surface area contributed by atoms with Crippen LogP contribution in [0.3, 0.4) is 0 Å². The van der Waals surface area contributed by atoms with Crippen LogP contribution in [0, 0.1) is 13.8 Å². The molecular weight excluding hydrogens is 629 g/mol. The summed E-state index contributed by atoms with van der Waals surface area (Å²) in [6, 6.07) is 60.4. The zero-order valence-electron chi connectivity index (χ0n) is 29.5. The van der Waals surface area contributed by atoms with Gasteiger partial charge in [0.15, 0.2) is 0 Å². The average Bonchev–Trinajstić information content (AvgIpc) is 3.19. The van der Waals surface area contributed by atoms with Crippen molar-refractivity contribution in [2.24, 2.45) is 0 Å². The van der Waals surface area contributed by atoms with E-state index in [4.69, 9.17) is 0 Å². The van der Waals surface area contributed by atoms with Crippen molar-refractivity contribution in [1.29, 1.82) is 0 Å². The Kier molecular flexibility index (Phi) is 7.17. The molecule has 0 saturated carbocycles. The van der Waals surface area contributed by atoms with Gasteiger partial charge < -0.3 is 14.7 Å². The molecule has 7 aromatic rings. The van der Waals surface area contributed by atoms with Crippen LogP contribution in [0.2, 0.25) is 0 Å². The first kappa shape index (κ1) is 30.6. The molecule has 7 aromatic carbocycles. The first-order valence-electron chi connectivity index (χ1n) is 18.4. The zero-order valence-corrected chi connectivity index (χ0v) is 29.5. The van der Waals surface area contributed by atoms with Gasteiger partial charge in [0.25, 0.3) is 6.71 Å². The maximum absolute atomic E-state index is 2.55. The van der Waals surface area contributed by atoms with Crippen molar-refractivity contribution in [3.8, 4) is 0 Å². The van der Waals surface area contributed by atoms with Gasteiger partial charge in [0.2, 0.25) is 0 Å². The maximum atomic E-state index is 2.55. The maximum Gasteiger partial charge on any atom is 0.251 e. The van der Waals surface area contributed by atoms with Crippen molar-refractivity contribution >= 4 is 68.2 Å². The molecule has 10 rings (SSSR count). The predicted molar refractivity (Wildman–Crippen MR) is 221 cm³/mol. The fourth-order valence-corrected chi connectivity index (χ4v) is 8.72. The summed E-state index contributed by atoms with van der Waals surface area (Å²) >= 11 is 0. The second kappa shape index (κ2) is 12.2. The summed E-state index contributed by atoms with van der Waals surface area (Å²) in [4.78, 5) is 7.51. The topological polar surface area (TPSA) is 9.72 Å². The summed E-state index contributed by atoms with van der Waals surface area (Å²) in [5.74, 6) is 0. The molecule has 0 aromatic heterocycles. The van der Waals surface area contributed by atoms with Crippen molar-refractivity contribution < 1.29 is 0 Å². The molecule has 2 heterocycles. The molecule has 0 fully saturated rings. The first-order chi connectivity index (χ1) is 25.6. The second-order valence-corrected chi connectivity index (χ2v) is 14.2. The van der Waals surface area contributed by atoms with Gasteiger partial charge in [-0.05, 0) is 109 Å². The molecule has 0 amide bonds. The van der Waals surface area contributed by atoms with Crippen molar-refractivity contribution in [2.75, 3.05) is 14.7 Å². The number of anilines is 7. The molecule has 1 aliphatic carbocycles. The highest BCUT2D eigenvalue weighted by atomic mass is 15.2. The quantitative estimate of drug-likeness (QED) is 0.169. The third-order valence-electron chi connectivity index (χ3n) is 11.0. The minimum atomic E-state index is 0.116. The molecule has 3 nitrogen and oxygen atoms in total. The Labute approximate surface area is 306 Å². The molecule has 248 valence electrons. The normalized spacial score (nSPS) is 14.5. The summed E-state index contributed by atoms with van der Waals surface area (Å²) < 4.78 is 0. The van der Waals surface area contributed by atoms with Crippen LogP contribution in [0.4, 0.5) is 39.8 Å². The number of benzene rings is 7. The van der Waals surface area contributed by atoms with E-state index in [-0.39, 0.29) is 6.71 Å². The summed E-state index contributed by atoms with van der Waals surface area (Å²) in [7, 11) is 0. The number of nitrogens with zero attached hydrogens (tertiary/aromatic N) is 3. The summed E-state index contributed by atoms with van der Waals surface area (Å²) in [5, 5.41) is 2.45. The lowest BCUT2D eigenvalue weighted by Crippen LogP contribution is -2.57. The minimum absolute atomic E-state index is 0.116. The smallest absolute Gasteiger partial charge is 0.251 e. The Morgan fingerprint density at radius 1 is 0.538 bits per heavy atom. The lowest BCUT2D eigenvalue weighted by molar-refractivity contribution is 0.882. The molecule has 0 unspecified atom stereocenters. The highest BCUT2D eigenvalue weighted by Gasteiger charge is 2.46. The van der Waals surface area contributed by atoms with Gasteiger partial charge in [0.05, 0.1) is 5.69 Å². The van der Waals surface area contributed by atoms with Gasteiger partial charge in [0, 0.05) is 50.9 Å². The van der Waals surface area contributed by atoms with E-state index in [2.05, 4.69) is 198 Å². The number of para-hydroxylation sites is 2. The van der Waals surface area contributed by atoms with E-state index in [1.807, 2.05) is 0 Å². The number of hydrogen-bond donors (Lipinski definition) is 0. The molecule has 2 aliphatic heterocycles. The van der Waals surface area contributed by atoms with Crippen molar-refractivity contribution in [3.05, 3.63) is 198 Å².